The first-order valence-corrected chi connectivity index (χ1v) is 9.38. The third-order valence-electron chi connectivity index (χ3n) is 4.58. The molecule has 28 heavy (non-hydrogen) atoms. The highest BCUT2D eigenvalue weighted by molar-refractivity contribution is 6.02. The van der Waals surface area contributed by atoms with Crippen LogP contribution in [0.1, 0.15) is 16.7 Å². The van der Waals surface area contributed by atoms with Crippen LogP contribution in [0.4, 0.5) is 0 Å². The zero-order chi connectivity index (χ0) is 19.0. The van der Waals surface area contributed by atoms with Crippen LogP contribution >= 0.6 is 0 Å². The van der Waals surface area contributed by atoms with Gasteiger partial charge in [0.15, 0.2) is 0 Å². The average molecular weight is 366 g/mol. The van der Waals surface area contributed by atoms with Crippen molar-refractivity contribution in [1.82, 2.24) is 5.43 Å². The lowest BCUT2D eigenvalue weighted by atomic mass is 10.0. The van der Waals surface area contributed by atoms with Gasteiger partial charge < -0.3 is 10.2 Å². The summed E-state index contributed by atoms with van der Waals surface area (Å²) in [5.41, 5.74) is 6.44. The molecule has 0 aliphatic rings. The van der Waals surface area contributed by atoms with Gasteiger partial charge in [0.25, 0.3) is 0 Å². The third kappa shape index (κ3) is 4.38. The van der Waals surface area contributed by atoms with Crippen LogP contribution in [0.5, 0.6) is 5.75 Å². The van der Waals surface area contributed by atoms with E-state index < -0.39 is 0 Å². The molecule has 0 heterocycles. The number of hydrogen-bond donors (Lipinski definition) is 1. The Morgan fingerprint density at radius 2 is 1.39 bits per heavy atom. The standard InChI is InChI=1S/C25H22N2O/c1-3-9-20(10-4-1)17-26-27-18-24-23-14-8-7-13-22(23)15-16-25(24)28-19-21-11-5-2-6-12-21/h1-16,18,26H,17,19H2. The minimum Gasteiger partial charge on any atom is -0.488 e. The molecule has 3 nitrogen and oxygen atoms in total. The molecule has 3 heteroatoms. The number of rotatable bonds is 7. The summed E-state index contributed by atoms with van der Waals surface area (Å²) < 4.78 is 6.13. The molecule has 1 N–H and O–H groups in total. The summed E-state index contributed by atoms with van der Waals surface area (Å²) in [5, 5.41) is 6.74. The van der Waals surface area contributed by atoms with E-state index in [1.54, 1.807) is 0 Å². The van der Waals surface area contributed by atoms with Gasteiger partial charge in [-0.2, -0.15) is 5.10 Å². The fourth-order valence-corrected chi connectivity index (χ4v) is 3.11. The third-order valence-corrected chi connectivity index (χ3v) is 4.58. The number of ether oxygens (including phenoxy) is 1. The Hall–Kier alpha value is -3.59. The van der Waals surface area contributed by atoms with Gasteiger partial charge in [0.1, 0.15) is 12.4 Å². The van der Waals surface area contributed by atoms with Crippen LogP contribution in [0, 0.1) is 0 Å². The van der Waals surface area contributed by atoms with Crippen molar-refractivity contribution >= 4 is 17.0 Å². The molecule has 4 aromatic rings. The van der Waals surface area contributed by atoms with Crippen molar-refractivity contribution in [2.24, 2.45) is 5.10 Å². The number of nitrogens with zero attached hydrogens (tertiary/aromatic N) is 1. The van der Waals surface area contributed by atoms with Crippen LogP contribution in [0.3, 0.4) is 0 Å². The quantitative estimate of drug-likeness (QED) is 0.344. The fraction of sp³-hybridized carbons (Fsp3) is 0.0800. The van der Waals surface area contributed by atoms with Gasteiger partial charge in [-0.1, -0.05) is 91.0 Å². The summed E-state index contributed by atoms with van der Waals surface area (Å²) in [6.07, 6.45) is 1.85. The van der Waals surface area contributed by atoms with Gasteiger partial charge in [-0.05, 0) is 28.0 Å². The fourth-order valence-electron chi connectivity index (χ4n) is 3.11. The van der Waals surface area contributed by atoms with Crippen molar-refractivity contribution in [3.05, 3.63) is 114 Å². The first-order chi connectivity index (χ1) is 13.9. The zero-order valence-corrected chi connectivity index (χ0v) is 15.6. The maximum atomic E-state index is 6.13. The molecule has 0 saturated carbocycles. The van der Waals surface area contributed by atoms with Crippen LogP contribution in [-0.4, -0.2) is 6.21 Å². The molecule has 0 spiro atoms. The molecule has 0 aromatic heterocycles. The van der Waals surface area contributed by atoms with Crippen molar-refractivity contribution < 1.29 is 4.74 Å². The van der Waals surface area contributed by atoms with Gasteiger partial charge in [-0.3, -0.25) is 0 Å². The topological polar surface area (TPSA) is 33.6 Å². The molecule has 138 valence electrons. The minimum absolute atomic E-state index is 0.525. The Balaban J connectivity index is 1.56. The molecule has 0 fully saturated rings. The van der Waals surface area contributed by atoms with E-state index in [1.807, 2.05) is 60.8 Å². The minimum atomic E-state index is 0.525. The van der Waals surface area contributed by atoms with E-state index in [1.165, 1.54) is 10.9 Å². The van der Waals surface area contributed by atoms with Crippen molar-refractivity contribution in [2.75, 3.05) is 0 Å². The SMILES string of the molecule is C(=NNCc1ccccc1)c1c(OCc2ccccc2)ccc2ccccc12. The molecular weight excluding hydrogens is 344 g/mol. The van der Waals surface area contributed by atoms with Gasteiger partial charge in [0, 0.05) is 5.56 Å². The highest BCUT2D eigenvalue weighted by atomic mass is 16.5. The lowest BCUT2D eigenvalue weighted by Crippen LogP contribution is -2.06. The molecule has 0 atom stereocenters. The maximum Gasteiger partial charge on any atom is 0.129 e. The van der Waals surface area contributed by atoms with Gasteiger partial charge in [-0.25, -0.2) is 0 Å². The molecule has 0 saturated heterocycles. The van der Waals surface area contributed by atoms with Crippen LogP contribution in [-0.2, 0) is 13.2 Å². The predicted octanol–water partition coefficient (Wildman–Crippen LogP) is 5.54. The molecule has 0 aliphatic carbocycles. The smallest absolute Gasteiger partial charge is 0.129 e. The average Bonchev–Trinajstić information content (AvgIpc) is 2.77. The molecule has 4 rings (SSSR count). The Morgan fingerprint density at radius 1 is 0.714 bits per heavy atom. The van der Waals surface area contributed by atoms with E-state index in [-0.39, 0.29) is 0 Å². The maximum absolute atomic E-state index is 6.13. The second-order valence-electron chi connectivity index (χ2n) is 6.55. The highest BCUT2D eigenvalue weighted by Crippen LogP contribution is 2.27. The van der Waals surface area contributed by atoms with Crippen molar-refractivity contribution in [3.8, 4) is 5.75 Å². The Bertz CT molecular complexity index is 1060. The van der Waals surface area contributed by atoms with Crippen LogP contribution < -0.4 is 10.2 Å². The highest BCUT2D eigenvalue weighted by Gasteiger charge is 2.07. The van der Waals surface area contributed by atoms with Crippen LogP contribution in [0.2, 0.25) is 0 Å². The number of benzene rings is 4. The van der Waals surface area contributed by atoms with Gasteiger partial charge in [0.2, 0.25) is 0 Å². The summed E-state index contributed by atoms with van der Waals surface area (Å²) in [6, 6.07) is 32.8. The molecule has 0 radical (unpaired) electrons. The van der Waals surface area contributed by atoms with E-state index >= 15 is 0 Å². The Morgan fingerprint density at radius 3 is 2.18 bits per heavy atom. The van der Waals surface area contributed by atoms with E-state index in [0.29, 0.717) is 13.2 Å². The molecular formula is C25H22N2O. The van der Waals surface area contributed by atoms with Gasteiger partial charge in [-0.15, -0.1) is 0 Å². The first kappa shape index (κ1) is 17.8. The van der Waals surface area contributed by atoms with Crippen molar-refractivity contribution in [3.63, 3.8) is 0 Å². The molecule has 0 unspecified atom stereocenters. The number of hydrogen-bond acceptors (Lipinski definition) is 3. The summed E-state index contributed by atoms with van der Waals surface area (Å²) in [7, 11) is 0. The van der Waals surface area contributed by atoms with Crippen LogP contribution in [0.15, 0.2) is 102 Å². The number of fused-ring (bicyclic) bond motifs is 1. The zero-order valence-electron chi connectivity index (χ0n) is 15.6. The number of hydrazone groups is 1. The second kappa shape index (κ2) is 8.87. The van der Waals surface area contributed by atoms with Crippen molar-refractivity contribution in [1.29, 1.82) is 0 Å². The molecule has 0 aliphatic heterocycles. The predicted molar refractivity (Wildman–Crippen MR) is 116 cm³/mol. The monoisotopic (exact) mass is 366 g/mol. The first-order valence-electron chi connectivity index (χ1n) is 9.38. The van der Waals surface area contributed by atoms with Crippen LogP contribution in [0.25, 0.3) is 10.8 Å². The second-order valence-corrected chi connectivity index (χ2v) is 6.55. The Labute approximate surface area is 165 Å². The largest absolute Gasteiger partial charge is 0.488 e. The summed E-state index contributed by atoms with van der Waals surface area (Å²) in [6.45, 7) is 1.21. The Kier molecular flexibility index (Phi) is 5.64. The lowest BCUT2D eigenvalue weighted by Gasteiger charge is -2.12. The normalized spacial score (nSPS) is 11.0. The van der Waals surface area contributed by atoms with Gasteiger partial charge >= 0.3 is 0 Å². The van der Waals surface area contributed by atoms with E-state index in [4.69, 9.17) is 4.74 Å². The van der Waals surface area contributed by atoms with Gasteiger partial charge in [0.05, 0.1) is 12.8 Å². The molecule has 0 bridgehead atoms. The lowest BCUT2D eigenvalue weighted by molar-refractivity contribution is 0.306. The van der Waals surface area contributed by atoms with Crippen molar-refractivity contribution in [2.45, 2.75) is 13.2 Å². The molecule has 4 aromatic carbocycles. The van der Waals surface area contributed by atoms with E-state index in [0.717, 1.165) is 22.3 Å². The molecule has 0 amide bonds. The summed E-state index contributed by atoms with van der Waals surface area (Å²) in [4.78, 5) is 0. The summed E-state index contributed by atoms with van der Waals surface area (Å²) in [5.74, 6) is 0.827. The summed E-state index contributed by atoms with van der Waals surface area (Å²) >= 11 is 0. The number of nitrogens with one attached hydrogen (secondary N) is 1. The van der Waals surface area contributed by atoms with E-state index in [2.05, 4.69) is 53.0 Å². The van der Waals surface area contributed by atoms with E-state index in [9.17, 15) is 0 Å².